The van der Waals surface area contributed by atoms with E-state index in [1.54, 1.807) is 6.92 Å². The maximum atomic E-state index is 11.9. The molecule has 0 saturated heterocycles. The SMILES string of the molecule is CC(=O)NC(=S)NNC(=O)C(C)Oc1ccc2ccccc2c1. The number of rotatable bonds is 3. The lowest BCUT2D eigenvalue weighted by Gasteiger charge is -2.16. The highest BCUT2D eigenvalue weighted by Crippen LogP contribution is 2.21. The summed E-state index contributed by atoms with van der Waals surface area (Å²) in [5, 5.41) is 4.48. The Morgan fingerprint density at radius 1 is 1.09 bits per heavy atom. The minimum atomic E-state index is -0.733. The molecule has 2 rings (SSSR count). The zero-order valence-corrected chi connectivity index (χ0v) is 13.6. The monoisotopic (exact) mass is 331 g/mol. The van der Waals surface area contributed by atoms with Crippen LogP contribution in [-0.4, -0.2) is 23.0 Å². The largest absolute Gasteiger partial charge is 0.481 e. The first-order valence-corrected chi connectivity index (χ1v) is 7.39. The van der Waals surface area contributed by atoms with Crippen LogP contribution in [0.5, 0.6) is 5.75 Å². The van der Waals surface area contributed by atoms with Crippen LogP contribution in [0.4, 0.5) is 0 Å². The zero-order chi connectivity index (χ0) is 16.8. The molecule has 120 valence electrons. The maximum Gasteiger partial charge on any atom is 0.279 e. The number of thiocarbonyl (C=S) groups is 1. The molecule has 0 heterocycles. The van der Waals surface area contributed by atoms with Crippen LogP contribution in [-0.2, 0) is 9.59 Å². The summed E-state index contributed by atoms with van der Waals surface area (Å²) < 4.78 is 5.61. The third-order valence-corrected chi connectivity index (χ3v) is 3.20. The smallest absolute Gasteiger partial charge is 0.279 e. The standard InChI is InChI=1S/C16H17N3O3S/c1-10(15(21)18-19-16(23)17-11(2)20)22-14-8-7-12-5-3-4-6-13(12)9-14/h3-10H,1-2H3,(H,18,21)(H2,17,19,20,23). The van der Waals surface area contributed by atoms with E-state index >= 15 is 0 Å². The summed E-state index contributed by atoms with van der Waals surface area (Å²) in [5.74, 6) is -0.140. The first-order valence-electron chi connectivity index (χ1n) is 6.98. The van der Waals surface area contributed by atoms with Gasteiger partial charge in [0.05, 0.1) is 0 Å². The molecule has 2 aromatic carbocycles. The minimum Gasteiger partial charge on any atom is -0.481 e. The second kappa shape index (κ2) is 7.55. The number of amides is 2. The van der Waals surface area contributed by atoms with Gasteiger partial charge in [-0.3, -0.25) is 20.4 Å². The van der Waals surface area contributed by atoms with E-state index < -0.39 is 12.0 Å². The molecule has 0 aliphatic carbocycles. The Hall–Kier alpha value is -2.67. The lowest BCUT2D eigenvalue weighted by Crippen LogP contribution is -2.51. The summed E-state index contributed by atoms with van der Waals surface area (Å²) in [4.78, 5) is 22.7. The maximum absolute atomic E-state index is 11.9. The van der Waals surface area contributed by atoms with E-state index in [1.807, 2.05) is 42.5 Å². The molecular formula is C16H17N3O3S. The summed E-state index contributed by atoms with van der Waals surface area (Å²) in [6.45, 7) is 2.94. The van der Waals surface area contributed by atoms with Gasteiger partial charge < -0.3 is 10.1 Å². The number of nitrogens with one attached hydrogen (secondary N) is 3. The second-order valence-electron chi connectivity index (χ2n) is 4.89. The van der Waals surface area contributed by atoms with Crippen molar-refractivity contribution in [3.05, 3.63) is 42.5 Å². The van der Waals surface area contributed by atoms with Gasteiger partial charge >= 0.3 is 0 Å². The van der Waals surface area contributed by atoms with Crippen LogP contribution in [0, 0.1) is 0 Å². The van der Waals surface area contributed by atoms with Gasteiger partial charge in [-0.25, -0.2) is 0 Å². The molecular weight excluding hydrogens is 314 g/mol. The number of hydrazine groups is 1. The van der Waals surface area contributed by atoms with Gasteiger partial charge in [-0.05, 0) is 42.0 Å². The van der Waals surface area contributed by atoms with Crippen LogP contribution in [0.25, 0.3) is 10.8 Å². The quantitative estimate of drug-likeness (QED) is 0.589. The highest BCUT2D eigenvalue weighted by molar-refractivity contribution is 7.80. The minimum absolute atomic E-state index is 0.0174. The van der Waals surface area contributed by atoms with Gasteiger partial charge in [-0.1, -0.05) is 30.3 Å². The number of fused-ring (bicyclic) bond motifs is 1. The summed E-state index contributed by atoms with van der Waals surface area (Å²) >= 11 is 4.82. The van der Waals surface area contributed by atoms with Gasteiger partial charge in [0.1, 0.15) is 5.75 Å². The molecule has 23 heavy (non-hydrogen) atoms. The Bertz CT molecular complexity index is 748. The molecule has 0 fully saturated rings. The molecule has 1 unspecified atom stereocenters. The molecule has 0 aliphatic rings. The number of hydrogen-bond donors (Lipinski definition) is 3. The lowest BCUT2D eigenvalue weighted by atomic mass is 10.1. The number of carbonyl (C=O) groups excluding carboxylic acids is 2. The summed E-state index contributed by atoms with van der Waals surface area (Å²) in [6.07, 6.45) is -0.733. The van der Waals surface area contributed by atoms with Crippen LogP contribution in [0.15, 0.2) is 42.5 Å². The number of ether oxygens (including phenoxy) is 1. The Morgan fingerprint density at radius 2 is 1.78 bits per heavy atom. The van der Waals surface area contributed by atoms with Gasteiger partial charge in [0, 0.05) is 6.92 Å². The summed E-state index contributed by atoms with van der Waals surface area (Å²) in [7, 11) is 0. The van der Waals surface area contributed by atoms with Crippen molar-refractivity contribution in [2.24, 2.45) is 0 Å². The van der Waals surface area contributed by atoms with Crippen molar-refractivity contribution >= 4 is 39.9 Å². The van der Waals surface area contributed by atoms with Crippen LogP contribution < -0.4 is 20.9 Å². The summed E-state index contributed by atoms with van der Waals surface area (Å²) in [5.41, 5.74) is 4.81. The molecule has 0 aromatic heterocycles. The fourth-order valence-corrected chi connectivity index (χ4v) is 2.10. The van der Waals surface area contributed by atoms with Gasteiger partial charge in [0.25, 0.3) is 5.91 Å². The van der Waals surface area contributed by atoms with E-state index in [0.717, 1.165) is 10.8 Å². The number of hydrogen-bond acceptors (Lipinski definition) is 4. The predicted octanol–water partition coefficient (Wildman–Crippen LogP) is 1.65. The number of benzene rings is 2. The van der Waals surface area contributed by atoms with Gasteiger partial charge in [0.2, 0.25) is 5.91 Å². The predicted molar refractivity (Wildman–Crippen MR) is 91.7 cm³/mol. The van der Waals surface area contributed by atoms with Gasteiger partial charge in [0.15, 0.2) is 11.2 Å². The molecule has 0 spiro atoms. The van der Waals surface area contributed by atoms with Crippen LogP contribution >= 0.6 is 12.2 Å². The Morgan fingerprint density at radius 3 is 2.48 bits per heavy atom. The van der Waals surface area contributed by atoms with E-state index in [-0.39, 0.29) is 11.0 Å². The van der Waals surface area contributed by atoms with E-state index in [9.17, 15) is 9.59 Å². The zero-order valence-electron chi connectivity index (χ0n) is 12.8. The van der Waals surface area contributed by atoms with Gasteiger partial charge in [-0.2, -0.15) is 0 Å². The molecule has 2 amide bonds. The number of carbonyl (C=O) groups is 2. The lowest BCUT2D eigenvalue weighted by molar-refractivity contribution is -0.128. The topological polar surface area (TPSA) is 79.5 Å². The van der Waals surface area contributed by atoms with E-state index in [4.69, 9.17) is 17.0 Å². The molecule has 3 N–H and O–H groups in total. The molecule has 0 bridgehead atoms. The van der Waals surface area contributed by atoms with Crippen molar-refractivity contribution in [1.29, 1.82) is 0 Å². The summed E-state index contributed by atoms with van der Waals surface area (Å²) in [6, 6.07) is 13.5. The Labute approximate surface area is 139 Å². The molecule has 0 aliphatic heterocycles. The van der Waals surface area contributed by atoms with E-state index in [0.29, 0.717) is 5.75 Å². The molecule has 0 saturated carbocycles. The molecule has 1 atom stereocenters. The normalized spacial score (nSPS) is 11.4. The van der Waals surface area contributed by atoms with E-state index in [1.165, 1.54) is 6.92 Å². The van der Waals surface area contributed by atoms with Crippen molar-refractivity contribution in [3.63, 3.8) is 0 Å². The average Bonchev–Trinajstić information content (AvgIpc) is 2.51. The van der Waals surface area contributed by atoms with Crippen LogP contribution in [0.2, 0.25) is 0 Å². The molecule has 0 radical (unpaired) electrons. The third-order valence-electron chi connectivity index (χ3n) is 2.99. The second-order valence-corrected chi connectivity index (χ2v) is 5.30. The highest BCUT2D eigenvalue weighted by Gasteiger charge is 2.15. The molecule has 6 nitrogen and oxygen atoms in total. The van der Waals surface area contributed by atoms with Crippen LogP contribution in [0.1, 0.15) is 13.8 Å². The Kier molecular flexibility index (Phi) is 5.48. The fraction of sp³-hybridized carbons (Fsp3) is 0.188. The van der Waals surface area contributed by atoms with Gasteiger partial charge in [-0.15, -0.1) is 0 Å². The van der Waals surface area contributed by atoms with E-state index in [2.05, 4.69) is 16.2 Å². The highest BCUT2D eigenvalue weighted by atomic mass is 32.1. The van der Waals surface area contributed by atoms with Crippen molar-refractivity contribution in [1.82, 2.24) is 16.2 Å². The average molecular weight is 331 g/mol. The fourth-order valence-electron chi connectivity index (χ4n) is 1.91. The molecule has 2 aromatic rings. The third kappa shape index (κ3) is 4.93. The van der Waals surface area contributed by atoms with Crippen molar-refractivity contribution in [3.8, 4) is 5.75 Å². The van der Waals surface area contributed by atoms with Crippen LogP contribution in [0.3, 0.4) is 0 Å². The molecule has 7 heteroatoms. The first kappa shape index (κ1) is 16.7. The van der Waals surface area contributed by atoms with Crippen molar-refractivity contribution in [2.45, 2.75) is 20.0 Å². The Balaban J connectivity index is 1.91. The van der Waals surface area contributed by atoms with Crippen molar-refractivity contribution in [2.75, 3.05) is 0 Å². The van der Waals surface area contributed by atoms with Crippen molar-refractivity contribution < 1.29 is 14.3 Å². The first-order chi connectivity index (χ1) is 11.0.